The van der Waals surface area contributed by atoms with Crippen molar-refractivity contribution in [2.24, 2.45) is 5.92 Å². The maximum atomic E-state index is 12.4. The molecule has 4 heteroatoms. The molecule has 1 heterocycles. The lowest BCUT2D eigenvalue weighted by atomic mass is 9.93. The Bertz CT molecular complexity index is 522. The van der Waals surface area contributed by atoms with E-state index < -0.39 is 0 Å². The molecule has 1 fully saturated rings. The third kappa shape index (κ3) is 4.17. The molecule has 1 amide bonds. The summed E-state index contributed by atoms with van der Waals surface area (Å²) < 4.78 is 0. The van der Waals surface area contributed by atoms with Crippen molar-refractivity contribution >= 4 is 11.7 Å². The van der Waals surface area contributed by atoms with E-state index in [1.54, 1.807) is 12.1 Å². The molecule has 0 aliphatic carbocycles. The Balaban J connectivity index is 1.98. The van der Waals surface area contributed by atoms with Gasteiger partial charge in [0.15, 0.2) is 5.78 Å². The smallest absolute Gasteiger partial charge is 0.252 e. The summed E-state index contributed by atoms with van der Waals surface area (Å²) in [5.74, 6) is -0.155. The van der Waals surface area contributed by atoms with Crippen LogP contribution in [0.15, 0.2) is 24.3 Å². The Kier molecular flexibility index (Phi) is 6.13. The summed E-state index contributed by atoms with van der Waals surface area (Å²) in [5, 5.41) is 2.95. The van der Waals surface area contributed by atoms with E-state index in [4.69, 9.17) is 0 Å². The van der Waals surface area contributed by atoms with Crippen LogP contribution < -0.4 is 5.32 Å². The number of benzene rings is 1. The highest BCUT2D eigenvalue weighted by Gasteiger charge is 2.20. The lowest BCUT2D eigenvalue weighted by Gasteiger charge is -2.16. The van der Waals surface area contributed by atoms with Crippen LogP contribution in [0, 0.1) is 5.92 Å². The Labute approximate surface area is 132 Å². The molecular formula is C18H26N2O2. The molecule has 4 nitrogen and oxygen atoms in total. The van der Waals surface area contributed by atoms with Gasteiger partial charge in [-0.15, -0.1) is 0 Å². The molecule has 120 valence electrons. The molecule has 0 bridgehead atoms. The normalized spacial score (nSPS) is 16.5. The van der Waals surface area contributed by atoms with Crippen molar-refractivity contribution < 1.29 is 9.59 Å². The molecule has 1 aromatic carbocycles. The number of hydrogen-bond acceptors (Lipinski definition) is 3. The van der Waals surface area contributed by atoms with Crippen LogP contribution in [0.2, 0.25) is 0 Å². The standard InChI is InChI=1S/C18H26N2O2/c1-3-14(2)17(21)15-8-4-5-9-16(15)18(22)19-10-13-20-11-6-7-12-20/h4-5,8-9,14H,3,6-7,10-13H2,1-2H3,(H,19,22). The van der Waals surface area contributed by atoms with Crippen molar-refractivity contribution in [2.45, 2.75) is 33.1 Å². The van der Waals surface area contributed by atoms with E-state index in [0.717, 1.165) is 26.1 Å². The quantitative estimate of drug-likeness (QED) is 0.788. The highest BCUT2D eigenvalue weighted by molar-refractivity contribution is 6.08. The Hall–Kier alpha value is -1.68. The minimum atomic E-state index is -0.147. The van der Waals surface area contributed by atoms with E-state index >= 15 is 0 Å². The van der Waals surface area contributed by atoms with Crippen molar-refractivity contribution in [2.75, 3.05) is 26.2 Å². The number of amides is 1. The zero-order valence-electron chi connectivity index (χ0n) is 13.6. The summed E-state index contributed by atoms with van der Waals surface area (Å²) in [7, 11) is 0. The topological polar surface area (TPSA) is 49.4 Å². The maximum absolute atomic E-state index is 12.4. The van der Waals surface area contributed by atoms with Crippen molar-refractivity contribution in [3.05, 3.63) is 35.4 Å². The maximum Gasteiger partial charge on any atom is 0.252 e. The van der Waals surface area contributed by atoms with Crippen molar-refractivity contribution in [1.29, 1.82) is 0 Å². The van der Waals surface area contributed by atoms with Gasteiger partial charge >= 0.3 is 0 Å². The van der Waals surface area contributed by atoms with Gasteiger partial charge in [0.25, 0.3) is 5.91 Å². The molecule has 1 saturated heterocycles. The van der Waals surface area contributed by atoms with E-state index in [9.17, 15) is 9.59 Å². The predicted molar refractivity (Wildman–Crippen MR) is 88.2 cm³/mol. The van der Waals surface area contributed by atoms with Gasteiger partial charge in [0.2, 0.25) is 0 Å². The average Bonchev–Trinajstić information content (AvgIpc) is 3.06. The van der Waals surface area contributed by atoms with Crippen LogP contribution >= 0.6 is 0 Å². The summed E-state index contributed by atoms with van der Waals surface area (Å²) in [6.07, 6.45) is 3.28. The SMILES string of the molecule is CCC(C)C(=O)c1ccccc1C(=O)NCCN1CCCC1. The highest BCUT2D eigenvalue weighted by atomic mass is 16.2. The fourth-order valence-corrected chi connectivity index (χ4v) is 2.78. The number of nitrogens with zero attached hydrogens (tertiary/aromatic N) is 1. The van der Waals surface area contributed by atoms with E-state index in [0.29, 0.717) is 17.7 Å². The van der Waals surface area contributed by atoms with Gasteiger partial charge in [-0.3, -0.25) is 9.59 Å². The van der Waals surface area contributed by atoms with Gasteiger partial charge in [0, 0.05) is 24.6 Å². The van der Waals surface area contributed by atoms with Gasteiger partial charge in [-0.25, -0.2) is 0 Å². The predicted octanol–water partition coefficient (Wildman–Crippen LogP) is 2.74. The fraction of sp³-hybridized carbons (Fsp3) is 0.556. The zero-order valence-corrected chi connectivity index (χ0v) is 13.6. The van der Waals surface area contributed by atoms with Crippen LogP contribution in [0.1, 0.15) is 53.8 Å². The Morgan fingerprint density at radius 3 is 2.45 bits per heavy atom. The lowest BCUT2D eigenvalue weighted by molar-refractivity contribution is 0.0902. The van der Waals surface area contributed by atoms with Gasteiger partial charge in [-0.2, -0.15) is 0 Å². The first-order valence-electron chi connectivity index (χ1n) is 8.27. The molecule has 1 aromatic rings. The second-order valence-corrected chi connectivity index (χ2v) is 6.02. The van der Waals surface area contributed by atoms with Crippen LogP contribution in [0.5, 0.6) is 0 Å². The highest BCUT2D eigenvalue weighted by Crippen LogP contribution is 2.16. The average molecular weight is 302 g/mol. The molecule has 22 heavy (non-hydrogen) atoms. The molecular weight excluding hydrogens is 276 g/mol. The van der Waals surface area contributed by atoms with Crippen LogP contribution in [0.3, 0.4) is 0 Å². The molecule has 1 aliphatic rings. The van der Waals surface area contributed by atoms with Crippen LogP contribution in [-0.4, -0.2) is 42.8 Å². The van der Waals surface area contributed by atoms with Crippen LogP contribution in [0.4, 0.5) is 0 Å². The van der Waals surface area contributed by atoms with Crippen LogP contribution in [0.25, 0.3) is 0 Å². The number of rotatable bonds is 7. The second-order valence-electron chi connectivity index (χ2n) is 6.02. The third-order valence-corrected chi connectivity index (χ3v) is 4.41. The molecule has 1 aliphatic heterocycles. The summed E-state index contributed by atoms with van der Waals surface area (Å²) in [6, 6.07) is 7.12. The monoisotopic (exact) mass is 302 g/mol. The van der Waals surface area contributed by atoms with Gasteiger partial charge in [-0.1, -0.05) is 32.0 Å². The molecule has 0 saturated carbocycles. The molecule has 0 spiro atoms. The van der Waals surface area contributed by atoms with Crippen molar-refractivity contribution in [3.8, 4) is 0 Å². The Morgan fingerprint density at radius 1 is 1.18 bits per heavy atom. The molecule has 0 aromatic heterocycles. The molecule has 1 N–H and O–H groups in total. The van der Waals surface area contributed by atoms with E-state index in [-0.39, 0.29) is 17.6 Å². The van der Waals surface area contributed by atoms with Gasteiger partial charge < -0.3 is 10.2 Å². The minimum Gasteiger partial charge on any atom is -0.351 e. The number of ketones is 1. The molecule has 1 atom stereocenters. The molecule has 0 radical (unpaired) electrons. The van der Waals surface area contributed by atoms with Gasteiger partial charge in [0.1, 0.15) is 0 Å². The molecule has 2 rings (SSSR count). The summed E-state index contributed by atoms with van der Waals surface area (Å²) in [5.41, 5.74) is 1.03. The summed E-state index contributed by atoms with van der Waals surface area (Å²) in [4.78, 5) is 27.1. The van der Waals surface area contributed by atoms with E-state index in [1.165, 1.54) is 12.8 Å². The fourth-order valence-electron chi connectivity index (χ4n) is 2.78. The number of carbonyl (C=O) groups is 2. The first-order valence-corrected chi connectivity index (χ1v) is 8.27. The largest absolute Gasteiger partial charge is 0.351 e. The Morgan fingerprint density at radius 2 is 1.82 bits per heavy atom. The van der Waals surface area contributed by atoms with E-state index in [1.807, 2.05) is 26.0 Å². The van der Waals surface area contributed by atoms with Crippen molar-refractivity contribution in [1.82, 2.24) is 10.2 Å². The van der Waals surface area contributed by atoms with Gasteiger partial charge in [0.05, 0.1) is 5.56 Å². The second kappa shape index (κ2) is 8.08. The zero-order chi connectivity index (χ0) is 15.9. The number of hydrogen-bond donors (Lipinski definition) is 1. The van der Waals surface area contributed by atoms with E-state index in [2.05, 4.69) is 10.2 Å². The summed E-state index contributed by atoms with van der Waals surface area (Å²) >= 11 is 0. The number of carbonyl (C=O) groups excluding carboxylic acids is 2. The summed E-state index contributed by atoms with van der Waals surface area (Å²) in [6.45, 7) is 7.65. The van der Waals surface area contributed by atoms with Gasteiger partial charge in [-0.05, 0) is 38.4 Å². The first kappa shape index (κ1) is 16.7. The third-order valence-electron chi connectivity index (χ3n) is 4.41. The first-order chi connectivity index (χ1) is 10.6. The molecule has 1 unspecified atom stereocenters. The number of likely N-dealkylation sites (tertiary alicyclic amines) is 1. The van der Waals surface area contributed by atoms with Crippen LogP contribution in [-0.2, 0) is 0 Å². The lowest BCUT2D eigenvalue weighted by Crippen LogP contribution is -2.34. The van der Waals surface area contributed by atoms with Crippen molar-refractivity contribution in [3.63, 3.8) is 0 Å². The number of Topliss-reactive ketones (excluding diaryl/α,β-unsaturated/α-hetero) is 1. The number of nitrogens with one attached hydrogen (secondary N) is 1. The minimum absolute atomic E-state index is 0.0489.